The molecule has 0 bridgehead atoms. The maximum atomic E-state index is 12.0. The fraction of sp³-hybridized carbons (Fsp3) is 0.400. The molecule has 1 aliphatic rings. The van der Waals surface area contributed by atoms with E-state index in [2.05, 4.69) is 17.6 Å². The summed E-state index contributed by atoms with van der Waals surface area (Å²) in [5, 5.41) is 23.0. The Labute approximate surface area is 214 Å². The molecule has 1 heterocycles. The summed E-state index contributed by atoms with van der Waals surface area (Å²) >= 11 is 0.844. The van der Waals surface area contributed by atoms with Gasteiger partial charge in [0.2, 0.25) is 0 Å². The molecule has 1 fully saturated rings. The molecule has 1 aliphatic heterocycles. The molecule has 194 valence electrons. The number of carbonyl (C=O) groups is 3. The predicted octanol–water partition coefficient (Wildman–Crippen LogP) is 4.28. The Morgan fingerprint density at radius 2 is 1.92 bits per heavy atom. The molecule has 1 saturated heterocycles. The second-order valence-corrected chi connectivity index (χ2v) is 9.43. The molecule has 0 aliphatic carbocycles. The van der Waals surface area contributed by atoms with E-state index in [-0.39, 0.29) is 13.1 Å². The van der Waals surface area contributed by atoms with E-state index in [0.29, 0.717) is 30.2 Å². The zero-order valence-electron chi connectivity index (χ0n) is 20.2. The third-order valence-electron chi connectivity index (χ3n) is 5.26. The van der Waals surface area contributed by atoms with Gasteiger partial charge in [-0.05, 0) is 73.5 Å². The average molecular weight is 518 g/mol. The molecule has 10 nitrogen and oxygen atoms in total. The Morgan fingerprint density at radius 1 is 1.19 bits per heavy atom. The van der Waals surface area contributed by atoms with Crippen LogP contribution in [0.3, 0.4) is 0 Å². The second-order valence-electron chi connectivity index (χ2n) is 8.35. The van der Waals surface area contributed by atoms with Gasteiger partial charge in [-0.2, -0.15) is 0 Å². The second kappa shape index (κ2) is 13.0. The molecule has 2 aromatic carbocycles. The van der Waals surface area contributed by atoms with E-state index in [0.717, 1.165) is 40.8 Å². The van der Waals surface area contributed by atoms with Gasteiger partial charge in [-0.3, -0.25) is 14.9 Å². The van der Waals surface area contributed by atoms with Crippen molar-refractivity contribution < 1.29 is 34.1 Å². The highest BCUT2D eigenvalue weighted by Crippen LogP contribution is 2.34. The molecule has 36 heavy (non-hydrogen) atoms. The van der Waals surface area contributed by atoms with Crippen LogP contribution >= 0.6 is 11.8 Å². The van der Waals surface area contributed by atoms with Crippen molar-refractivity contribution in [3.63, 3.8) is 0 Å². The van der Waals surface area contributed by atoms with Crippen molar-refractivity contribution in [1.82, 2.24) is 10.2 Å². The maximum Gasteiger partial charge on any atom is 0.407 e. The molecule has 2 aromatic rings. The Hall–Kier alpha value is -3.44. The lowest BCUT2D eigenvalue weighted by Crippen LogP contribution is -2.36. The van der Waals surface area contributed by atoms with Crippen LogP contribution in [-0.4, -0.2) is 63.5 Å². The molecule has 3 amide bonds. The molecular formula is C25H31N3O7S. The first-order valence-electron chi connectivity index (χ1n) is 11.7. The summed E-state index contributed by atoms with van der Waals surface area (Å²) in [6.45, 7) is 4.45. The molecule has 4 N–H and O–H groups in total. The van der Waals surface area contributed by atoms with Crippen LogP contribution < -0.4 is 20.1 Å². The fourth-order valence-electron chi connectivity index (χ4n) is 3.43. The van der Waals surface area contributed by atoms with Crippen LogP contribution in [0, 0.1) is 0 Å². The van der Waals surface area contributed by atoms with E-state index in [1.54, 1.807) is 30.3 Å². The number of hydrogen-bond acceptors (Lipinski definition) is 8. The average Bonchev–Trinajstić information content (AvgIpc) is 3.15. The molecule has 0 radical (unpaired) electrons. The van der Waals surface area contributed by atoms with E-state index in [4.69, 9.17) is 9.47 Å². The van der Waals surface area contributed by atoms with Gasteiger partial charge in [-0.15, -0.1) is 0 Å². The number of nitrogens with one attached hydrogen (secondary N) is 2. The molecule has 3 rings (SSSR count). The Balaban J connectivity index is 1.78. The van der Waals surface area contributed by atoms with Crippen LogP contribution in [0.25, 0.3) is 0 Å². The van der Waals surface area contributed by atoms with E-state index in [1.807, 2.05) is 12.1 Å². The number of imide groups is 1. The number of ether oxygens (including phenoxy) is 2. The van der Waals surface area contributed by atoms with Crippen molar-refractivity contribution >= 4 is 34.7 Å². The number of unbranched alkanes of at least 4 members (excludes halogenated alkanes) is 1. The van der Waals surface area contributed by atoms with Crippen LogP contribution in [0.5, 0.6) is 17.2 Å². The van der Waals surface area contributed by atoms with Crippen molar-refractivity contribution in [3.8, 4) is 17.2 Å². The topological polar surface area (TPSA) is 137 Å². The number of thioether (sulfide) groups is 1. The molecular weight excluding hydrogens is 486 g/mol. The lowest BCUT2D eigenvalue weighted by atomic mass is 10.1. The van der Waals surface area contributed by atoms with Crippen LogP contribution in [0.15, 0.2) is 42.5 Å². The van der Waals surface area contributed by atoms with Crippen LogP contribution in [0.2, 0.25) is 0 Å². The van der Waals surface area contributed by atoms with Gasteiger partial charge in [0.05, 0.1) is 18.4 Å². The summed E-state index contributed by atoms with van der Waals surface area (Å²) < 4.78 is 11.8. The minimum atomic E-state index is -1.11. The number of carboxylic acid groups (broad SMARTS) is 1. The minimum Gasteiger partial charge on any atom is -0.494 e. The fourth-order valence-corrected chi connectivity index (χ4v) is 4.16. The first-order chi connectivity index (χ1) is 17.2. The van der Waals surface area contributed by atoms with Gasteiger partial charge in [0.15, 0.2) is 11.1 Å². The SMILES string of the molecule is CCCCOc1ccc(Oc2cc(CCN(C[C@H](C)O)C(=O)O)ccc2NC2SC(=O)NC2=O)cc1. The number of aliphatic hydroxyl groups excluding tert-OH is 1. The Kier molecular flexibility index (Phi) is 9.83. The predicted molar refractivity (Wildman–Crippen MR) is 137 cm³/mol. The molecule has 0 spiro atoms. The first-order valence-corrected chi connectivity index (χ1v) is 12.6. The highest BCUT2D eigenvalue weighted by molar-refractivity contribution is 8.15. The van der Waals surface area contributed by atoms with Crippen LogP contribution in [0.4, 0.5) is 15.3 Å². The number of aliphatic hydroxyl groups is 1. The summed E-state index contributed by atoms with van der Waals surface area (Å²) in [6.07, 6.45) is 0.501. The standard InChI is InChI=1S/C25H31N3O7S/c1-3-4-13-34-18-6-8-19(9-7-18)35-21-14-17(11-12-28(25(32)33)15-16(2)29)5-10-20(21)26-23-22(30)27-24(31)36-23/h5-10,14,16,23,26,29H,3-4,11-13,15H2,1-2H3,(H,32,33)(H,27,30,31)/t16-,23?/m0/s1. The third kappa shape index (κ3) is 8.06. The smallest absolute Gasteiger partial charge is 0.407 e. The number of hydrogen-bond donors (Lipinski definition) is 4. The molecule has 11 heteroatoms. The highest BCUT2D eigenvalue weighted by Gasteiger charge is 2.32. The molecule has 0 saturated carbocycles. The van der Waals surface area contributed by atoms with Gasteiger partial charge in [0.1, 0.15) is 11.5 Å². The summed E-state index contributed by atoms with van der Waals surface area (Å²) in [5.41, 5.74) is 1.30. The normalized spacial score (nSPS) is 15.8. The zero-order valence-corrected chi connectivity index (χ0v) is 21.0. The summed E-state index contributed by atoms with van der Waals surface area (Å²) in [5.74, 6) is 1.24. The maximum absolute atomic E-state index is 12.0. The van der Waals surface area contributed by atoms with E-state index >= 15 is 0 Å². The number of nitrogens with zero attached hydrogens (tertiary/aromatic N) is 1. The Morgan fingerprint density at radius 3 is 2.53 bits per heavy atom. The first kappa shape index (κ1) is 27.2. The van der Waals surface area contributed by atoms with Crippen molar-refractivity contribution in [3.05, 3.63) is 48.0 Å². The number of amides is 3. The van der Waals surface area contributed by atoms with Gasteiger partial charge in [0, 0.05) is 13.1 Å². The monoisotopic (exact) mass is 517 g/mol. The van der Waals surface area contributed by atoms with Crippen molar-refractivity contribution in [2.24, 2.45) is 0 Å². The summed E-state index contributed by atoms with van der Waals surface area (Å²) in [6, 6.07) is 12.4. The number of rotatable bonds is 13. The largest absolute Gasteiger partial charge is 0.494 e. The van der Waals surface area contributed by atoms with Gasteiger partial charge in [0.25, 0.3) is 11.1 Å². The Bertz CT molecular complexity index is 1060. The van der Waals surface area contributed by atoms with Crippen molar-refractivity contribution in [2.75, 3.05) is 25.0 Å². The highest BCUT2D eigenvalue weighted by atomic mass is 32.2. The van der Waals surface area contributed by atoms with Gasteiger partial charge in [-0.1, -0.05) is 19.4 Å². The van der Waals surface area contributed by atoms with Crippen LogP contribution in [0.1, 0.15) is 32.3 Å². The van der Waals surface area contributed by atoms with Gasteiger partial charge >= 0.3 is 6.09 Å². The quantitative estimate of drug-likeness (QED) is 0.287. The summed E-state index contributed by atoms with van der Waals surface area (Å²) in [7, 11) is 0. The van der Waals surface area contributed by atoms with Crippen molar-refractivity contribution in [2.45, 2.75) is 44.6 Å². The minimum absolute atomic E-state index is 0.00699. The third-order valence-corrected chi connectivity index (χ3v) is 6.15. The molecule has 0 aromatic heterocycles. The van der Waals surface area contributed by atoms with Crippen LogP contribution in [-0.2, 0) is 11.2 Å². The van der Waals surface area contributed by atoms with E-state index < -0.39 is 28.7 Å². The van der Waals surface area contributed by atoms with E-state index in [1.165, 1.54) is 6.92 Å². The lowest BCUT2D eigenvalue weighted by molar-refractivity contribution is -0.118. The summed E-state index contributed by atoms with van der Waals surface area (Å²) in [4.78, 5) is 36.3. The van der Waals surface area contributed by atoms with Gasteiger partial charge in [-0.25, -0.2) is 4.79 Å². The van der Waals surface area contributed by atoms with Gasteiger partial charge < -0.3 is 29.9 Å². The number of benzene rings is 2. The van der Waals surface area contributed by atoms with E-state index in [9.17, 15) is 24.6 Å². The lowest BCUT2D eigenvalue weighted by Gasteiger charge is -2.21. The molecule has 1 unspecified atom stereocenters. The number of carbonyl (C=O) groups excluding carboxylic acids is 2. The molecule has 2 atom stereocenters. The van der Waals surface area contributed by atoms with Crippen molar-refractivity contribution in [1.29, 1.82) is 0 Å². The zero-order chi connectivity index (χ0) is 26.1. The number of anilines is 1.